The number of rotatable bonds is 2. The van der Waals surface area contributed by atoms with Gasteiger partial charge in [-0.15, -0.1) is 11.3 Å². The van der Waals surface area contributed by atoms with Crippen molar-refractivity contribution in [3.05, 3.63) is 50.9 Å². The maximum absolute atomic E-state index is 10.7. The fraction of sp³-hybridized carbons (Fsp3) is 0.400. The molecule has 19 heavy (non-hydrogen) atoms. The van der Waals surface area contributed by atoms with Crippen molar-refractivity contribution in [1.82, 2.24) is 4.98 Å². The molecule has 1 aromatic carbocycles. The van der Waals surface area contributed by atoms with Gasteiger partial charge >= 0.3 is 0 Å². The summed E-state index contributed by atoms with van der Waals surface area (Å²) in [7, 11) is 0. The van der Waals surface area contributed by atoms with Crippen molar-refractivity contribution in [1.29, 1.82) is 0 Å². The van der Waals surface area contributed by atoms with Crippen molar-refractivity contribution in [2.75, 3.05) is 0 Å². The Morgan fingerprint density at radius 2 is 1.89 bits per heavy atom. The molecule has 0 amide bonds. The van der Waals surface area contributed by atoms with E-state index in [1.54, 1.807) is 11.3 Å². The highest BCUT2D eigenvalue weighted by Gasteiger charge is 2.37. The average molecular weight is 338 g/mol. The fourth-order valence-corrected chi connectivity index (χ4v) is 4.25. The third-order valence-corrected chi connectivity index (χ3v) is 5.70. The molecule has 0 radical (unpaired) electrons. The third kappa shape index (κ3) is 2.76. The van der Waals surface area contributed by atoms with Crippen molar-refractivity contribution in [2.45, 2.75) is 37.2 Å². The number of benzene rings is 1. The third-order valence-electron chi connectivity index (χ3n) is 3.96. The number of halogens is 1. The van der Waals surface area contributed by atoms with Crippen LogP contribution in [0.3, 0.4) is 0 Å². The lowest BCUT2D eigenvalue weighted by molar-refractivity contribution is -0.00592. The van der Waals surface area contributed by atoms with Crippen LogP contribution in [0.15, 0.2) is 40.3 Å². The quantitative estimate of drug-likeness (QED) is 0.877. The van der Waals surface area contributed by atoms with Crippen molar-refractivity contribution in [3.63, 3.8) is 0 Å². The first-order valence-electron chi connectivity index (χ1n) is 6.56. The second-order valence-electron chi connectivity index (χ2n) is 5.19. The molecule has 1 aliphatic carbocycles. The number of aromatic nitrogens is 1. The number of thiazole rings is 1. The van der Waals surface area contributed by atoms with Crippen molar-refractivity contribution < 1.29 is 5.11 Å². The summed E-state index contributed by atoms with van der Waals surface area (Å²) in [6, 6.07) is 10.6. The van der Waals surface area contributed by atoms with E-state index in [4.69, 9.17) is 0 Å². The molecule has 1 aromatic heterocycles. The van der Waals surface area contributed by atoms with Gasteiger partial charge in [0.05, 0.1) is 0 Å². The van der Waals surface area contributed by atoms with Crippen LogP contribution in [0.1, 0.15) is 42.2 Å². The van der Waals surface area contributed by atoms with E-state index in [1.807, 2.05) is 5.38 Å². The summed E-state index contributed by atoms with van der Waals surface area (Å²) >= 11 is 4.90. The van der Waals surface area contributed by atoms with Gasteiger partial charge in [0, 0.05) is 5.38 Å². The molecule has 100 valence electrons. The summed E-state index contributed by atoms with van der Waals surface area (Å²) in [5.74, 6) is 0.574. The monoisotopic (exact) mass is 337 g/mol. The Balaban J connectivity index is 1.72. The highest BCUT2D eigenvalue weighted by atomic mass is 79.9. The van der Waals surface area contributed by atoms with Gasteiger partial charge < -0.3 is 5.11 Å². The van der Waals surface area contributed by atoms with Gasteiger partial charge in [-0.3, -0.25) is 0 Å². The number of aliphatic hydroxyl groups is 1. The molecule has 2 nitrogen and oxygen atoms in total. The summed E-state index contributed by atoms with van der Waals surface area (Å²) in [5, 5.41) is 13.5. The highest BCUT2D eigenvalue weighted by molar-refractivity contribution is 9.10. The normalized spacial score (nSPS) is 27.4. The number of nitrogens with zero attached hydrogens (tertiary/aromatic N) is 1. The molecule has 0 bridgehead atoms. The van der Waals surface area contributed by atoms with E-state index in [0.717, 1.165) is 35.3 Å². The standard InChI is InChI=1S/C15H16BrNOS/c16-13-10-19-14(17-13)15(18)8-6-12(7-9-15)11-4-2-1-3-5-11/h1-5,10,12,18H,6-9H2. The summed E-state index contributed by atoms with van der Waals surface area (Å²) in [4.78, 5) is 4.39. The minimum Gasteiger partial charge on any atom is -0.383 e. The summed E-state index contributed by atoms with van der Waals surface area (Å²) < 4.78 is 0.825. The Kier molecular flexibility index (Phi) is 3.74. The van der Waals surface area contributed by atoms with Gasteiger partial charge in [-0.25, -0.2) is 4.98 Å². The first kappa shape index (κ1) is 13.3. The zero-order valence-corrected chi connectivity index (χ0v) is 13.0. The molecule has 0 saturated heterocycles. The summed E-state index contributed by atoms with van der Waals surface area (Å²) in [6.45, 7) is 0. The topological polar surface area (TPSA) is 33.1 Å². The molecule has 1 fully saturated rings. The van der Waals surface area contributed by atoms with Crippen LogP contribution in [0.25, 0.3) is 0 Å². The molecule has 0 atom stereocenters. The molecule has 2 aromatic rings. The molecule has 1 N–H and O–H groups in total. The SMILES string of the molecule is OC1(c2nc(Br)cs2)CCC(c2ccccc2)CC1. The lowest BCUT2D eigenvalue weighted by Gasteiger charge is -2.34. The van der Waals surface area contributed by atoms with E-state index in [2.05, 4.69) is 51.2 Å². The minimum atomic E-state index is -0.720. The fourth-order valence-electron chi connectivity index (χ4n) is 2.84. The lowest BCUT2D eigenvalue weighted by Crippen LogP contribution is -2.30. The Labute approximate surface area is 125 Å². The van der Waals surface area contributed by atoms with E-state index >= 15 is 0 Å². The number of hydrogen-bond acceptors (Lipinski definition) is 3. The molecule has 1 aliphatic rings. The Morgan fingerprint density at radius 3 is 2.47 bits per heavy atom. The summed E-state index contributed by atoms with van der Waals surface area (Å²) in [6.07, 6.45) is 3.65. The Morgan fingerprint density at radius 1 is 1.21 bits per heavy atom. The van der Waals surface area contributed by atoms with E-state index < -0.39 is 5.60 Å². The zero-order chi connectivity index (χ0) is 13.3. The molecule has 3 rings (SSSR count). The summed E-state index contributed by atoms with van der Waals surface area (Å²) in [5.41, 5.74) is 0.673. The Bertz CT molecular complexity index is 546. The van der Waals surface area contributed by atoms with Crippen LogP contribution in [0.5, 0.6) is 0 Å². The van der Waals surface area contributed by atoms with Gasteiger partial charge in [-0.1, -0.05) is 30.3 Å². The first-order valence-corrected chi connectivity index (χ1v) is 8.23. The molecular weight excluding hydrogens is 322 g/mol. The maximum atomic E-state index is 10.7. The molecule has 0 aliphatic heterocycles. The van der Waals surface area contributed by atoms with Crippen LogP contribution in [0.4, 0.5) is 0 Å². The van der Waals surface area contributed by atoms with Gasteiger partial charge in [0.2, 0.25) is 0 Å². The number of hydrogen-bond donors (Lipinski definition) is 1. The first-order chi connectivity index (χ1) is 9.17. The predicted molar refractivity (Wildman–Crippen MR) is 81.4 cm³/mol. The van der Waals surface area contributed by atoms with E-state index in [1.165, 1.54) is 5.56 Å². The van der Waals surface area contributed by atoms with Crippen molar-refractivity contribution in [2.24, 2.45) is 0 Å². The van der Waals surface area contributed by atoms with E-state index in [0.29, 0.717) is 5.92 Å². The van der Waals surface area contributed by atoms with Gasteiger partial charge in [-0.2, -0.15) is 0 Å². The highest BCUT2D eigenvalue weighted by Crippen LogP contribution is 2.44. The minimum absolute atomic E-state index is 0.574. The van der Waals surface area contributed by atoms with Crippen molar-refractivity contribution in [3.8, 4) is 0 Å². The van der Waals surface area contributed by atoms with Crippen molar-refractivity contribution >= 4 is 27.3 Å². The molecular formula is C15H16BrNOS. The zero-order valence-electron chi connectivity index (χ0n) is 10.6. The van der Waals surface area contributed by atoms with Crippen LogP contribution in [0, 0.1) is 0 Å². The molecule has 0 unspecified atom stereocenters. The van der Waals surface area contributed by atoms with Crippen LogP contribution in [-0.4, -0.2) is 10.1 Å². The second kappa shape index (κ2) is 5.35. The maximum Gasteiger partial charge on any atom is 0.126 e. The smallest absolute Gasteiger partial charge is 0.126 e. The van der Waals surface area contributed by atoms with Crippen LogP contribution in [0.2, 0.25) is 0 Å². The lowest BCUT2D eigenvalue weighted by atomic mass is 9.76. The van der Waals surface area contributed by atoms with Crippen LogP contribution < -0.4 is 0 Å². The molecule has 4 heteroatoms. The van der Waals surface area contributed by atoms with Gasteiger partial charge in [0.15, 0.2) is 0 Å². The van der Waals surface area contributed by atoms with Crippen LogP contribution >= 0.6 is 27.3 Å². The average Bonchev–Trinajstić information content (AvgIpc) is 2.88. The molecule has 0 spiro atoms. The van der Waals surface area contributed by atoms with Gasteiger partial charge in [0.25, 0.3) is 0 Å². The van der Waals surface area contributed by atoms with Gasteiger partial charge in [-0.05, 0) is 53.1 Å². The molecule has 1 saturated carbocycles. The second-order valence-corrected chi connectivity index (χ2v) is 6.86. The predicted octanol–water partition coefficient (Wildman–Crippen LogP) is 4.45. The Hall–Kier alpha value is -0.710. The molecule has 1 heterocycles. The van der Waals surface area contributed by atoms with E-state index in [-0.39, 0.29) is 0 Å². The van der Waals surface area contributed by atoms with E-state index in [9.17, 15) is 5.11 Å². The largest absolute Gasteiger partial charge is 0.383 e. The van der Waals surface area contributed by atoms with Crippen LogP contribution in [-0.2, 0) is 5.60 Å². The van der Waals surface area contributed by atoms with Gasteiger partial charge in [0.1, 0.15) is 15.2 Å².